The quantitative estimate of drug-likeness (QED) is 0.552. The van der Waals surface area contributed by atoms with Crippen molar-refractivity contribution in [1.82, 2.24) is 20.1 Å². The van der Waals surface area contributed by atoms with E-state index in [1.807, 2.05) is 19.3 Å². The third-order valence-corrected chi connectivity index (χ3v) is 5.18. The van der Waals surface area contributed by atoms with E-state index in [4.69, 9.17) is 4.74 Å². The van der Waals surface area contributed by atoms with E-state index < -0.39 is 11.8 Å². The van der Waals surface area contributed by atoms with Crippen molar-refractivity contribution in [2.24, 2.45) is 7.05 Å². The smallest absolute Gasteiger partial charge is 0.309 e. The maximum absolute atomic E-state index is 12.2. The first-order chi connectivity index (χ1) is 13.6. The van der Waals surface area contributed by atoms with Crippen molar-refractivity contribution in [3.05, 3.63) is 59.4 Å². The van der Waals surface area contributed by atoms with Gasteiger partial charge in [-0.1, -0.05) is 24.3 Å². The molecule has 7 nitrogen and oxygen atoms in total. The Kier molecular flexibility index (Phi) is 6.84. The van der Waals surface area contributed by atoms with Crippen LogP contribution in [0.2, 0.25) is 0 Å². The van der Waals surface area contributed by atoms with Crippen molar-refractivity contribution in [2.45, 2.75) is 19.0 Å². The van der Waals surface area contributed by atoms with E-state index in [1.54, 1.807) is 7.11 Å². The van der Waals surface area contributed by atoms with Crippen LogP contribution in [0.1, 0.15) is 22.9 Å². The van der Waals surface area contributed by atoms with Crippen molar-refractivity contribution in [3.8, 4) is 0 Å². The first-order valence-electron chi connectivity index (χ1n) is 9.57. The van der Waals surface area contributed by atoms with Crippen molar-refractivity contribution < 1.29 is 14.3 Å². The lowest BCUT2D eigenvalue weighted by Gasteiger charge is -2.36. The Morgan fingerprint density at radius 1 is 1.11 bits per heavy atom. The highest BCUT2D eigenvalue weighted by Crippen LogP contribution is 2.27. The summed E-state index contributed by atoms with van der Waals surface area (Å²) in [5.41, 5.74) is 3.81. The molecule has 1 aliphatic rings. The molecule has 28 heavy (non-hydrogen) atoms. The van der Waals surface area contributed by atoms with Crippen LogP contribution in [0, 0.1) is 0 Å². The molecule has 0 spiro atoms. The van der Waals surface area contributed by atoms with Gasteiger partial charge < -0.3 is 19.9 Å². The van der Waals surface area contributed by atoms with Crippen molar-refractivity contribution in [3.63, 3.8) is 0 Å². The van der Waals surface area contributed by atoms with Crippen LogP contribution in [0.5, 0.6) is 0 Å². The normalized spacial score (nSPS) is 14.9. The van der Waals surface area contributed by atoms with Gasteiger partial charge in [0.25, 0.3) is 0 Å². The van der Waals surface area contributed by atoms with Crippen LogP contribution in [0.25, 0.3) is 0 Å². The minimum absolute atomic E-state index is 0.0101. The lowest BCUT2D eigenvalue weighted by molar-refractivity contribution is -0.139. The molecule has 0 unspecified atom stereocenters. The number of methoxy groups -OCH3 is 1. The number of carbonyl (C=O) groups is 2. The number of carbonyl (C=O) groups excluding carboxylic acids is 2. The second-order valence-electron chi connectivity index (χ2n) is 7.01. The van der Waals surface area contributed by atoms with E-state index in [9.17, 15) is 9.59 Å². The van der Waals surface area contributed by atoms with Gasteiger partial charge >= 0.3 is 11.8 Å². The third kappa shape index (κ3) is 4.79. The van der Waals surface area contributed by atoms with Crippen molar-refractivity contribution >= 4 is 11.8 Å². The molecule has 0 saturated carbocycles. The van der Waals surface area contributed by atoms with Gasteiger partial charge in [-0.05, 0) is 29.7 Å². The fourth-order valence-corrected chi connectivity index (χ4v) is 3.64. The lowest BCUT2D eigenvalue weighted by atomic mass is 9.98. The SMILES string of the molecule is COCCNC(=O)C(=O)NC[C@H](c1cccn1C)N1CCc2ccccc2C1. The highest BCUT2D eigenvalue weighted by atomic mass is 16.5. The average molecular weight is 384 g/mol. The minimum Gasteiger partial charge on any atom is -0.383 e. The summed E-state index contributed by atoms with van der Waals surface area (Å²) in [6.45, 7) is 2.78. The average Bonchev–Trinajstić information content (AvgIpc) is 3.13. The molecule has 2 aromatic rings. The number of ether oxygens (including phenoxy) is 1. The molecular weight excluding hydrogens is 356 g/mol. The Labute approximate surface area is 165 Å². The number of hydrogen-bond donors (Lipinski definition) is 2. The van der Waals surface area contributed by atoms with Gasteiger partial charge in [-0.25, -0.2) is 0 Å². The number of nitrogens with zero attached hydrogens (tertiary/aromatic N) is 2. The van der Waals surface area contributed by atoms with Gasteiger partial charge in [-0.15, -0.1) is 0 Å². The molecule has 1 aromatic heterocycles. The summed E-state index contributed by atoms with van der Waals surface area (Å²) in [6, 6.07) is 12.5. The van der Waals surface area contributed by atoms with Gasteiger partial charge in [0, 0.05) is 52.2 Å². The standard InChI is InChI=1S/C21H28N4O3/c1-24-11-5-8-18(24)19(14-23-21(27)20(26)22-10-13-28-2)25-12-9-16-6-3-4-7-17(16)15-25/h3-8,11,19H,9-10,12-15H2,1-2H3,(H,22,26)(H,23,27)/t19-/m1/s1. The summed E-state index contributed by atoms with van der Waals surface area (Å²) in [6.07, 6.45) is 2.97. The zero-order valence-electron chi connectivity index (χ0n) is 16.5. The lowest BCUT2D eigenvalue weighted by Crippen LogP contribution is -2.46. The highest BCUT2D eigenvalue weighted by Gasteiger charge is 2.27. The minimum atomic E-state index is -0.633. The number of aromatic nitrogens is 1. The predicted octanol–water partition coefficient (Wildman–Crippen LogP) is 1.00. The molecule has 2 N–H and O–H groups in total. The Bertz CT molecular complexity index is 817. The van der Waals surface area contributed by atoms with Gasteiger partial charge in [0.1, 0.15) is 0 Å². The molecule has 3 rings (SSSR count). The van der Waals surface area contributed by atoms with Crippen LogP contribution in [0.15, 0.2) is 42.6 Å². The van der Waals surface area contributed by atoms with E-state index in [-0.39, 0.29) is 6.04 Å². The number of fused-ring (bicyclic) bond motifs is 1. The molecule has 2 heterocycles. The number of amides is 2. The van der Waals surface area contributed by atoms with Crippen LogP contribution in [-0.4, -0.2) is 54.6 Å². The summed E-state index contributed by atoms with van der Waals surface area (Å²) in [5, 5.41) is 5.35. The van der Waals surface area contributed by atoms with Crippen LogP contribution in [0.4, 0.5) is 0 Å². The molecule has 0 saturated heterocycles. The third-order valence-electron chi connectivity index (χ3n) is 5.18. The molecule has 0 bridgehead atoms. The monoisotopic (exact) mass is 384 g/mol. The van der Waals surface area contributed by atoms with E-state index in [2.05, 4.69) is 50.4 Å². The molecule has 0 fully saturated rings. The zero-order valence-corrected chi connectivity index (χ0v) is 16.5. The van der Waals surface area contributed by atoms with Gasteiger partial charge in [0.05, 0.1) is 12.6 Å². The topological polar surface area (TPSA) is 75.6 Å². The molecule has 7 heteroatoms. The number of rotatable bonds is 7. The Hall–Kier alpha value is -2.64. The summed E-state index contributed by atoms with van der Waals surface area (Å²) >= 11 is 0. The highest BCUT2D eigenvalue weighted by molar-refractivity contribution is 6.35. The van der Waals surface area contributed by atoms with E-state index >= 15 is 0 Å². The maximum atomic E-state index is 12.2. The number of hydrogen-bond acceptors (Lipinski definition) is 4. The molecule has 150 valence electrons. The molecule has 0 radical (unpaired) electrons. The summed E-state index contributed by atoms with van der Waals surface area (Å²) < 4.78 is 6.95. The van der Waals surface area contributed by atoms with Gasteiger partial charge in [0.2, 0.25) is 0 Å². The van der Waals surface area contributed by atoms with Crippen LogP contribution in [-0.2, 0) is 34.3 Å². The summed E-state index contributed by atoms with van der Waals surface area (Å²) in [7, 11) is 3.55. The fourth-order valence-electron chi connectivity index (χ4n) is 3.64. The first-order valence-corrected chi connectivity index (χ1v) is 9.57. The number of nitrogens with one attached hydrogen (secondary N) is 2. The van der Waals surface area contributed by atoms with E-state index in [1.165, 1.54) is 11.1 Å². The second-order valence-corrected chi connectivity index (χ2v) is 7.01. The van der Waals surface area contributed by atoms with Crippen LogP contribution in [0.3, 0.4) is 0 Å². The largest absolute Gasteiger partial charge is 0.383 e. The molecule has 1 aromatic carbocycles. The Balaban J connectivity index is 1.68. The van der Waals surface area contributed by atoms with Crippen molar-refractivity contribution in [1.29, 1.82) is 0 Å². The van der Waals surface area contributed by atoms with Crippen molar-refractivity contribution in [2.75, 3.05) is 33.4 Å². The fraction of sp³-hybridized carbons (Fsp3) is 0.429. The van der Waals surface area contributed by atoms with Crippen LogP contribution >= 0.6 is 0 Å². The van der Waals surface area contributed by atoms with E-state index in [0.29, 0.717) is 19.7 Å². The molecule has 2 amide bonds. The van der Waals surface area contributed by atoms with Gasteiger partial charge in [-0.3, -0.25) is 14.5 Å². The van der Waals surface area contributed by atoms with Gasteiger partial charge in [0.15, 0.2) is 0 Å². The van der Waals surface area contributed by atoms with E-state index in [0.717, 1.165) is 25.2 Å². The van der Waals surface area contributed by atoms with Gasteiger partial charge in [-0.2, -0.15) is 0 Å². The maximum Gasteiger partial charge on any atom is 0.309 e. The van der Waals surface area contributed by atoms with Crippen LogP contribution < -0.4 is 10.6 Å². The molecule has 1 aliphatic heterocycles. The molecular formula is C21H28N4O3. The second kappa shape index (κ2) is 9.52. The Morgan fingerprint density at radius 2 is 1.86 bits per heavy atom. The number of aryl methyl sites for hydroxylation is 1. The summed E-state index contributed by atoms with van der Waals surface area (Å²) in [4.78, 5) is 26.5. The first kappa shape index (κ1) is 20.1. The molecule has 1 atom stereocenters. The summed E-state index contributed by atoms with van der Waals surface area (Å²) in [5.74, 6) is -1.25. The Morgan fingerprint density at radius 3 is 2.57 bits per heavy atom. The number of benzene rings is 1. The predicted molar refractivity (Wildman–Crippen MR) is 107 cm³/mol. The molecule has 0 aliphatic carbocycles. The zero-order chi connectivity index (χ0) is 19.9.